The Morgan fingerprint density at radius 1 is 1.03 bits per heavy atom. The van der Waals surface area contributed by atoms with Crippen molar-refractivity contribution in [2.75, 3.05) is 7.05 Å². The fourth-order valence-electron chi connectivity index (χ4n) is 6.49. The molecule has 0 amide bonds. The molecule has 2 fully saturated rings. The van der Waals surface area contributed by atoms with Crippen molar-refractivity contribution in [1.82, 2.24) is 4.90 Å². The molecule has 0 bridgehead atoms. The highest BCUT2D eigenvalue weighted by Gasteiger charge is 2.61. The lowest BCUT2D eigenvalue weighted by Gasteiger charge is -2.38. The summed E-state index contributed by atoms with van der Waals surface area (Å²) in [6.07, 6.45) is 3.06. The van der Waals surface area contributed by atoms with Crippen LogP contribution >= 0.6 is 0 Å². The van der Waals surface area contributed by atoms with Gasteiger partial charge in [-0.25, -0.2) is 4.90 Å². The van der Waals surface area contributed by atoms with E-state index in [2.05, 4.69) is 83.8 Å². The van der Waals surface area contributed by atoms with Gasteiger partial charge in [-0.15, -0.1) is 0 Å². The minimum atomic E-state index is -0.702. The second-order valence-electron chi connectivity index (χ2n) is 12.2. The van der Waals surface area contributed by atoms with Crippen LogP contribution in [0.5, 0.6) is 5.75 Å². The van der Waals surface area contributed by atoms with E-state index in [0.717, 1.165) is 24.8 Å². The molecule has 2 aliphatic rings. The summed E-state index contributed by atoms with van der Waals surface area (Å²) in [6, 6.07) is 16.4. The van der Waals surface area contributed by atoms with E-state index in [1.807, 2.05) is 18.2 Å². The molecule has 0 saturated carbocycles. The van der Waals surface area contributed by atoms with Gasteiger partial charge in [0.15, 0.2) is 0 Å². The van der Waals surface area contributed by atoms with Gasteiger partial charge < -0.3 is 19.7 Å². The lowest BCUT2D eigenvalue weighted by atomic mass is 9.79. The predicted octanol–water partition coefficient (Wildman–Crippen LogP) is 6.53. The van der Waals surface area contributed by atoms with E-state index < -0.39 is 5.91 Å². The Balaban J connectivity index is 1.51. The summed E-state index contributed by atoms with van der Waals surface area (Å²) in [5, 5.41) is 19.6. The molecule has 0 aliphatic carbocycles. The van der Waals surface area contributed by atoms with Crippen LogP contribution in [-0.4, -0.2) is 40.2 Å². The van der Waals surface area contributed by atoms with Crippen LogP contribution in [0.1, 0.15) is 77.2 Å². The Labute approximate surface area is 223 Å². The van der Waals surface area contributed by atoms with Crippen molar-refractivity contribution >= 4 is 0 Å². The van der Waals surface area contributed by atoms with E-state index in [-0.39, 0.29) is 30.6 Å². The van der Waals surface area contributed by atoms with Gasteiger partial charge in [0.25, 0.3) is 0 Å². The molecule has 2 saturated heterocycles. The first-order chi connectivity index (χ1) is 17.6. The normalized spacial score (nSPS) is 30.0. The average molecular weight is 510 g/mol. The summed E-state index contributed by atoms with van der Waals surface area (Å²) in [5.74, 6) is 1.56. The lowest BCUT2D eigenvalue weighted by molar-refractivity contribution is -0.299. The van der Waals surface area contributed by atoms with Crippen molar-refractivity contribution in [3.8, 4) is 5.75 Å². The molecular formula is C32H47NO4. The van der Waals surface area contributed by atoms with Crippen LogP contribution in [0.15, 0.2) is 48.5 Å². The monoisotopic (exact) mass is 509 g/mol. The Morgan fingerprint density at radius 3 is 2.32 bits per heavy atom. The van der Waals surface area contributed by atoms with E-state index in [0.29, 0.717) is 35.2 Å². The number of benzene rings is 2. The van der Waals surface area contributed by atoms with Crippen LogP contribution in [0.4, 0.5) is 0 Å². The molecule has 204 valence electrons. The minimum Gasteiger partial charge on any atom is -0.508 e. The Kier molecular flexibility index (Phi) is 8.69. The molecule has 2 aliphatic heterocycles. The molecule has 2 aromatic rings. The number of hydrogen-bond donors (Lipinski definition) is 2. The number of hydrogen-bond acceptors (Lipinski definition) is 5. The second-order valence-corrected chi connectivity index (χ2v) is 12.2. The second kappa shape index (κ2) is 11.4. The molecule has 4 rings (SSSR count). The first kappa shape index (κ1) is 28.1. The maximum absolute atomic E-state index is 10.2. The standard InChI is InChI=1S/C32H47NO4/c1-20(2)27(16-24-13-14-26(19-34)29(35)17-24)15-22(5)30-18-28(21(3)4)32(36-30)33(7)23(6)31(37-32)25-11-9-8-10-12-25/h8-14,17,20-23,27-28,30-31,34-35H,15-16,18-19H2,1-7H3/t22?,23-,27+,28-,30-,31+,32-/m0/s1. The van der Waals surface area contributed by atoms with Crippen molar-refractivity contribution in [3.05, 3.63) is 65.2 Å². The maximum Gasteiger partial charge on any atom is 0.234 e. The Bertz CT molecular complexity index is 1020. The predicted molar refractivity (Wildman–Crippen MR) is 148 cm³/mol. The number of aliphatic hydroxyl groups is 1. The smallest absolute Gasteiger partial charge is 0.234 e. The third-order valence-electron chi connectivity index (χ3n) is 9.11. The van der Waals surface area contributed by atoms with Crippen LogP contribution in [0, 0.1) is 29.6 Å². The van der Waals surface area contributed by atoms with Gasteiger partial charge in [-0.05, 0) is 74.1 Å². The van der Waals surface area contributed by atoms with Gasteiger partial charge in [0, 0.05) is 17.5 Å². The van der Waals surface area contributed by atoms with Crippen molar-refractivity contribution in [2.45, 2.75) is 91.6 Å². The zero-order valence-corrected chi connectivity index (χ0v) is 23.7. The van der Waals surface area contributed by atoms with E-state index >= 15 is 0 Å². The summed E-state index contributed by atoms with van der Waals surface area (Å²) in [6.45, 7) is 13.6. The van der Waals surface area contributed by atoms with Crippen molar-refractivity contribution in [3.63, 3.8) is 0 Å². The highest BCUT2D eigenvalue weighted by molar-refractivity contribution is 5.36. The van der Waals surface area contributed by atoms with E-state index in [9.17, 15) is 10.2 Å². The van der Waals surface area contributed by atoms with E-state index in [1.165, 1.54) is 5.56 Å². The molecule has 5 nitrogen and oxygen atoms in total. The van der Waals surface area contributed by atoms with Gasteiger partial charge in [0.2, 0.25) is 5.91 Å². The molecule has 0 radical (unpaired) electrons. The van der Waals surface area contributed by atoms with Gasteiger partial charge in [-0.2, -0.15) is 0 Å². The Morgan fingerprint density at radius 2 is 1.73 bits per heavy atom. The SMILES string of the molecule is CC(C)[C@@H](Cc1ccc(CO)c(O)c1)CC(C)[C@@H]1C[C@@H](C(C)C)[C@]2(O1)O[C@@H](c1ccccc1)[C@H](C)N2C. The topological polar surface area (TPSA) is 62.2 Å². The zero-order valence-electron chi connectivity index (χ0n) is 23.7. The van der Waals surface area contributed by atoms with Crippen LogP contribution < -0.4 is 0 Å². The van der Waals surface area contributed by atoms with Gasteiger partial charge in [0.05, 0.1) is 12.7 Å². The number of ether oxygens (including phenoxy) is 2. The molecule has 37 heavy (non-hydrogen) atoms. The molecule has 7 atom stereocenters. The van der Waals surface area contributed by atoms with Crippen LogP contribution in [0.25, 0.3) is 0 Å². The molecule has 2 aromatic carbocycles. The summed E-state index contributed by atoms with van der Waals surface area (Å²) in [7, 11) is 2.16. The highest BCUT2D eigenvalue weighted by Crippen LogP contribution is 2.53. The van der Waals surface area contributed by atoms with Crippen LogP contribution in [-0.2, 0) is 22.5 Å². The molecular weight excluding hydrogens is 462 g/mol. The number of phenols is 1. The number of nitrogens with zero attached hydrogens (tertiary/aromatic N) is 1. The fraction of sp³-hybridized carbons (Fsp3) is 0.625. The molecule has 1 unspecified atom stereocenters. The first-order valence-electron chi connectivity index (χ1n) is 14.1. The molecule has 2 heterocycles. The zero-order chi connectivity index (χ0) is 26.9. The van der Waals surface area contributed by atoms with Gasteiger partial charge in [0.1, 0.15) is 11.9 Å². The molecule has 1 spiro atoms. The third-order valence-corrected chi connectivity index (χ3v) is 9.11. The van der Waals surface area contributed by atoms with Crippen LogP contribution in [0.2, 0.25) is 0 Å². The summed E-state index contributed by atoms with van der Waals surface area (Å²) in [5.41, 5.74) is 2.89. The first-order valence-corrected chi connectivity index (χ1v) is 14.1. The van der Waals surface area contributed by atoms with Crippen LogP contribution in [0.3, 0.4) is 0 Å². The summed E-state index contributed by atoms with van der Waals surface area (Å²) >= 11 is 0. The largest absolute Gasteiger partial charge is 0.508 e. The maximum atomic E-state index is 10.2. The number of aliphatic hydroxyl groups excluding tert-OH is 1. The van der Waals surface area contributed by atoms with Gasteiger partial charge in [-0.1, -0.05) is 77.1 Å². The lowest BCUT2D eigenvalue weighted by Crippen LogP contribution is -2.51. The fourth-order valence-corrected chi connectivity index (χ4v) is 6.49. The third kappa shape index (κ3) is 5.61. The number of likely N-dealkylation sites (N-methyl/N-ethyl adjacent to an activating group) is 1. The number of aromatic hydroxyl groups is 1. The van der Waals surface area contributed by atoms with E-state index in [4.69, 9.17) is 9.47 Å². The minimum absolute atomic E-state index is 0.0144. The average Bonchev–Trinajstić information content (AvgIpc) is 3.38. The molecule has 0 aromatic heterocycles. The van der Waals surface area contributed by atoms with Gasteiger partial charge >= 0.3 is 0 Å². The molecule has 5 heteroatoms. The van der Waals surface area contributed by atoms with Gasteiger partial charge in [-0.3, -0.25) is 0 Å². The van der Waals surface area contributed by atoms with Crippen molar-refractivity contribution in [1.29, 1.82) is 0 Å². The highest BCUT2D eigenvalue weighted by atomic mass is 16.7. The quantitative estimate of drug-likeness (QED) is 0.402. The molecule has 2 N–H and O–H groups in total. The summed E-state index contributed by atoms with van der Waals surface area (Å²) in [4.78, 5) is 2.34. The number of rotatable bonds is 9. The van der Waals surface area contributed by atoms with Crippen molar-refractivity contribution in [2.24, 2.45) is 29.6 Å². The Hall–Kier alpha value is -1.92. The van der Waals surface area contributed by atoms with Crippen molar-refractivity contribution < 1.29 is 19.7 Å². The van der Waals surface area contributed by atoms with E-state index in [1.54, 1.807) is 0 Å². The summed E-state index contributed by atoms with van der Waals surface area (Å²) < 4.78 is 13.9.